The van der Waals surface area contributed by atoms with Gasteiger partial charge in [-0.2, -0.15) is 0 Å². The van der Waals surface area contributed by atoms with Gasteiger partial charge in [0.1, 0.15) is 5.82 Å². The summed E-state index contributed by atoms with van der Waals surface area (Å²) in [6, 6.07) is 14.2. The molecule has 0 saturated carbocycles. The molecule has 1 heterocycles. The van der Waals surface area contributed by atoms with Gasteiger partial charge in [-0.05, 0) is 61.7 Å². The van der Waals surface area contributed by atoms with Crippen LogP contribution in [0.2, 0.25) is 5.02 Å². The molecule has 1 fully saturated rings. The SMILES string of the molecule is CC(NC(=O)CN1CCCC1c1ccc(Cl)cc1)c1ccc(F)cc1. The Morgan fingerprint density at radius 1 is 1.24 bits per heavy atom. The third-order valence-electron chi connectivity index (χ3n) is 4.71. The normalized spacial score (nSPS) is 18.9. The highest BCUT2D eigenvalue weighted by Gasteiger charge is 2.27. The number of hydrogen-bond acceptors (Lipinski definition) is 2. The fourth-order valence-corrected chi connectivity index (χ4v) is 3.51. The summed E-state index contributed by atoms with van der Waals surface area (Å²) in [6.45, 7) is 3.18. The summed E-state index contributed by atoms with van der Waals surface area (Å²) in [5, 5.41) is 3.72. The Balaban J connectivity index is 1.59. The van der Waals surface area contributed by atoms with Crippen LogP contribution < -0.4 is 5.32 Å². The maximum Gasteiger partial charge on any atom is 0.234 e. The van der Waals surface area contributed by atoms with Crippen molar-refractivity contribution in [2.24, 2.45) is 0 Å². The van der Waals surface area contributed by atoms with Crippen LogP contribution >= 0.6 is 11.6 Å². The number of carbonyl (C=O) groups is 1. The van der Waals surface area contributed by atoms with E-state index >= 15 is 0 Å². The van der Waals surface area contributed by atoms with Crippen LogP contribution in [-0.4, -0.2) is 23.9 Å². The van der Waals surface area contributed by atoms with Crippen molar-refractivity contribution in [1.29, 1.82) is 0 Å². The predicted octanol–water partition coefficient (Wildman–Crippen LogP) is 4.49. The standard InChI is InChI=1S/C20H22ClFN2O/c1-14(15-6-10-18(22)11-7-15)23-20(25)13-24-12-2-3-19(24)16-4-8-17(21)9-5-16/h4-11,14,19H,2-3,12-13H2,1H3,(H,23,25). The molecule has 1 N–H and O–H groups in total. The van der Waals surface area contributed by atoms with Crippen LogP contribution in [0.4, 0.5) is 4.39 Å². The van der Waals surface area contributed by atoms with Crippen LogP contribution in [0.25, 0.3) is 0 Å². The van der Waals surface area contributed by atoms with Gasteiger partial charge in [0.25, 0.3) is 0 Å². The van der Waals surface area contributed by atoms with Gasteiger partial charge in [-0.15, -0.1) is 0 Å². The van der Waals surface area contributed by atoms with Gasteiger partial charge in [0.15, 0.2) is 0 Å². The third-order valence-corrected chi connectivity index (χ3v) is 4.96. The summed E-state index contributed by atoms with van der Waals surface area (Å²) < 4.78 is 13.0. The lowest BCUT2D eigenvalue weighted by Crippen LogP contribution is -2.38. The quantitative estimate of drug-likeness (QED) is 0.851. The zero-order chi connectivity index (χ0) is 17.8. The van der Waals surface area contributed by atoms with Crippen LogP contribution in [0.15, 0.2) is 48.5 Å². The molecule has 1 amide bonds. The Hall–Kier alpha value is -1.91. The minimum atomic E-state index is -0.273. The lowest BCUT2D eigenvalue weighted by molar-refractivity contribution is -0.123. The molecule has 0 aliphatic carbocycles. The van der Waals surface area contributed by atoms with Crippen molar-refractivity contribution in [3.05, 3.63) is 70.5 Å². The van der Waals surface area contributed by atoms with Crippen molar-refractivity contribution in [2.75, 3.05) is 13.1 Å². The van der Waals surface area contributed by atoms with E-state index in [0.717, 1.165) is 30.0 Å². The molecule has 5 heteroatoms. The molecule has 0 radical (unpaired) electrons. The van der Waals surface area contributed by atoms with Crippen LogP contribution in [0.1, 0.15) is 43.0 Å². The van der Waals surface area contributed by atoms with E-state index in [-0.39, 0.29) is 23.8 Å². The highest BCUT2D eigenvalue weighted by atomic mass is 35.5. The number of hydrogen-bond donors (Lipinski definition) is 1. The maximum atomic E-state index is 13.0. The van der Waals surface area contributed by atoms with Crippen molar-refractivity contribution in [2.45, 2.75) is 31.8 Å². The summed E-state index contributed by atoms with van der Waals surface area (Å²) in [5.41, 5.74) is 2.09. The number of carbonyl (C=O) groups excluding carboxylic acids is 1. The van der Waals surface area contributed by atoms with Crippen molar-refractivity contribution in [3.63, 3.8) is 0 Å². The summed E-state index contributed by atoms with van der Waals surface area (Å²) in [7, 11) is 0. The Morgan fingerprint density at radius 2 is 1.92 bits per heavy atom. The van der Waals surface area contributed by atoms with E-state index in [1.54, 1.807) is 12.1 Å². The molecule has 0 spiro atoms. The number of amides is 1. The average Bonchev–Trinajstić information content (AvgIpc) is 3.04. The molecule has 25 heavy (non-hydrogen) atoms. The second kappa shape index (κ2) is 7.98. The second-order valence-electron chi connectivity index (χ2n) is 6.52. The molecule has 132 valence electrons. The van der Waals surface area contributed by atoms with Crippen molar-refractivity contribution < 1.29 is 9.18 Å². The molecule has 0 bridgehead atoms. The number of benzene rings is 2. The van der Waals surface area contributed by atoms with Gasteiger partial charge in [-0.3, -0.25) is 9.69 Å². The van der Waals surface area contributed by atoms with E-state index < -0.39 is 0 Å². The van der Waals surface area contributed by atoms with Crippen molar-refractivity contribution in [1.82, 2.24) is 10.2 Å². The van der Waals surface area contributed by atoms with Crippen LogP contribution in [0, 0.1) is 5.82 Å². The highest BCUT2D eigenvalue weighted by Crippen LogP contribution is 2.32. The molecule has 3 nitrogen and oxygen atoms in total. The first-order chi connectivity index (χ1) is 12.0. The minimum absolute atomic E-state index is 0.0160. The largest absolute Gasteiger partial charge is 0.348 e. The molecular formula is C20H22ClFN2O. The van der Waals surface area contributed by atoms with Gasteiger partial charge in [-0.1, -0.05) is 35.9 Å². The molecular weight excluding hydrogens is 339 g/mol. The van der Waals surface area contributed by atoms with Crippen LogP contribution in [-0.2, 0) is 4.79 Å². The third kappa shape index (κ3) is 4.59. The van der Waals surface area contributed by atoms with Crippen molar-refractivity contribution >= 4 is 17.5 Å². The molecule has 2 aromatic carbocycles. The smallest absolute Gasteiger partial charge is 0.234 e. The molecule has 2 unspecified atom stereocenters. The van der Waals surface area contributed by atoms with E-state index in [4.69, 9.17) is 11.6 Å². The number of nitrogens with zero attached hydrogens (tertiary/aromatic N) is 1. The monoisotopic (exact) mass is 360 g/mol. The Labute approximate surface area is 152 Å². The predicted molar refractivity (Wildman–Crippen MR) is 98.0 cm³/mol. The molecule has 0 aromatic heterocycles. The topological polar surface area (TPSA) is 32.3 Å². The molecule has 3 rings (SSSR count). The zero-order valence-electron chi connectivity index (χ0n) is 14.2. The first kappa shape index (κ1) is 17.9. The Bertz CT molecular complexity index is 717. The first-order valence-corrected chi connectivity index (χ1v) is 8.95. The fourth-order valence-electron chi connectivity index (χ4n) is 3.38. The van der Waals surface area contributed by atoms with Gasteiger partial charge in [0.2, 0.25) is 5.91 Å². The van der Waals surface area contributed by atoms with Crippen molar-refractivity contribution in [3.8, 4) is 0 Å². The molecule has 1 aliphatic rings. The average molecular weight is 361 g/mol. The molecule has 2 atom stereocenters. The summed E-state index contributed by atoms with van der Waals surface area (Å²) >= 11 is 5.96. The van der Waals surface area contributed by atoms with Crippen LogP contribution in [0.3, 0.4) is 0 Å². The lowest BCUT2D eigenvalue weighted by Gasteiger charge is -2.25. The zero-order valence-corrected chi connectivity index (χ0v) is 15.0. The van der Waals surface area contributed by atoms with Gasteiger partial charge in [0, 0.05) is 11.1 Å². The summed E-state index contributed by atoms with van der Waals surface area (Å²) in [4.78, 5) is 14.6. The van der Waals surface area contributed by atoms with Gasteiger partial charge >= 0.3 is 0 Å². The summed E-state index contributed by atoms with van der Waals surface area (Å²) in [5.74, 6) is -0.289. The van der Waals surface area contributed by atoms with E-state index in [9.17, 15) is 9.18 Å². The molecule has 2 aromatic rings. The lowest BCUT2D eigenvalue weighted by atomic mass is 10.0. The Morgan fingerprint density at radius 3 is 2.60 bits per heavy atom. The number of likely N-dealkylation sites (tertiary alicyclic amines) is 1. The Kier molecular flexibility index (Phi) is 5.71. The number of nitrogens with one attached hydrogen (secondary N) is 1. The fraction of sp³-hybridized carbons (Fsp3) is 0.350. The van der Waals surface area contributed by atoms with Gasteiger partial charge in [0.05, 0.1) is 12.6 Å². The highest BCUT2D eigenvalue weighted by molar-refractivity contribution is 6.30. The molecule has 1 saturated heterocycles. The van der Waals surface area contributed by atoms with Gasteiger partial charge < -0.3 is 5.32 Å². The minimum Gasteiger partial charge on any atom is -0.348 e. The van der Waals surface area contributed by atoms with E-state index in [1.807, 2.05) is 31.2 Å². The van der Waals surface area contributed by atoms with Crippen LogP contribution in [0.5, 0.6) is 0 Å². The van der Waals surface area contributed by atoms with E-state index in [0.29, 0.717) is 6.54 Å². The second-order valence-corrected chi connectivity index (χ2v) is 6.96. The molecule has 1 aliphatic heterocycles. The number of halogens is 2. The first-order valence-electron chi connectivity index (χ1n) is 8.57. The van der Waals surface area contributed by atoms with Gasteiger partial charge in [-0.25, -0.2) is 4.39 Å². The number of rotatable bonds is 5. The van der Waals surface area contributed by atoms with E-state index in [1.165, 1.54) is 17.7 Å². The maximum absolute atomic E-state index is 13.0. The summed E-state index contributed by atoms with van der Waals surface area (Å²) in [6.07, 6.45) is 2.12. The van der Waals surface area contributed by atoms with E-state index in [2.05, 4.69) is 10.2 Å².